The minimum Gasteiger partial charge on any atom is -0.489 e. The van der Waals surface area contributed by atoms with Crippen molar-refractivity contribution < 1.29 is 59.6 Å². The van der Waals surface area contributed by atoms with Crippen molar-refractivity contribution in [2.24, 2.45) is 0 Å². The summed E-state index contributed by atoms with van der Waals surface area (Å²) >= 11 is 0. The first-order chi connectivity index (χ1) is 37.9. The van der Waals surface area contributed by atoms with E-state index in [1.165, 1.54) is 24.4 Å². The van der Waals surface area contributed by atoms with Gasteiger partial charge >= 0.3 is 18.4 Å². The number of anilines is 6. The highest BCUT2D eigenvalue weighted by atomic mass is 19.4. The summed E-state index contributed by atoms with van der Waals surface area (Å²) in [7, 11) is 0. The Hall–Kier alpha value is -7.61. The number of benzene rings is 2. The maximum absolute atomic E-state index is 13.7. The van der Waals surface area contributed by atoms with Crippen LogP contribution in [0.4, 0.5) is 65.5 Å². The van der Waals surface area contributed by atoms with Gasteiger partial charge in [0.05, 0.1) is 77.9 Å². The molecule has 12 rings (SSSR count). The van der Waals surface area contributed by atoms with Crippen LogP contribution in [0, 0.1) is 13.8 Å². The lowest BCUT2D eigenvalue weighted by molar-refractivity contribution is -0.141. The molecule has 424 valence electrons. The van der Waals surface area contributed by atoms with Crippen LogP contribution in [-0.2, 0) is 31.3 Å². The summed E-state index contributed by atoms with van der Waals surface area (Å²) in [6, 6.07) is 13.2. The highest BCUT2D eigenvalue weighted by Crippen LogP contribution is 2.43. The molecule has 2 amide bonds. The first-order valence-corrected chi connectivity index (χ1v) is 26.0. The smallest absolute Gasteiger partial charge is 0.416 e. The predicted molar refractivity (Wildman–Crippen MR) is 284 cm³/mol. The Balaban J connectivity index is 0.000000154. The van der Waals surface area contributed by atoms with E-state index in [4.69, 9.17) is 34.2 Å². The molecule has 80 heavy (non-hydrogen) atoms. The summed E-state index contributed by atoms with van der Waals surface area (Å²) in [6.45, 7) is 15.9. The Morgan fingerprint density at radius 1 is 0.713 bits per heavy atom. The largest absolute Gasteiger partial charge is 0.489 e. The number of ether oxygens (including phenoxy) is 6. The first kappa shape index (κ1) is 55.7. The number of hydrogen-bond acceptors (Lipinski definition) is 17. The van der Waals surface area contributed by atoms with Crippen LogP contribution < -0.4 is 40.5 Å². The van der Waals surface area contributed by atoms with Crippen molar-refractivity contribution in [1.82, 2.24) is 29.9 Å². The zero-order valence-electron chi connectivity index (χ0n) is 44.7. The normalized spacial score (nSPS) is 21.1. The van der Waals surface area contributed by atoms with Crippen LogP contribution in [0.15, 0.2) is 85.5 Å². The molecule has 6 aliphatic heterocycles. The zero-order valence-corrected chi connectivity index (χ0v) is 44.7. The van der Waals surface area contributed by atoms with Gasteiger partial charge in [-0.25, -0.2) is 24.7 Å². The highest BCUT2D eigenvalue weighted by molar-refractivity contribution is 6.05. The van der Waals surface area contributed by atoms with Gasteiger partial charge in [-0.3, -0.25) is 14.9 Å². The number of amides is 2. The van der Waals surface area contributed by atoms with Crippen molar-refractivity contribution >= 4 is 40.4 Å². The monoisotopic (exact) mass is 1110 g/mol. The molecule has 2 aromatic carbocycles. The van der Waals surface area contributed by atoms with Crippen molar-refractivity contribution in [2.75, 3.05) is 83.7 Å². The fourth-order valence-corrected chi connectivity index (χ4v) is 10.3. The maximum atomic E-state index is 13.7. The summed E-state index contributed by atoms with van der Waals surface area (Å²) in [5.74, 6) is 1.44. The number of halogens is 6. The molecule has 0 saturated carbocycles. The number of aromatic nitrogens is 6. The number of urea groups is 1. The zero-order chi connectivity index (χ0) is 56.7. The molecule has 0 unspecified atom stereocenters. The van der Waals surface area contributed by atoms with Gasteiger partial charge in [-0.15, -0.1) is 0 Å². The number of aryl methyl sites for hydroxylation is 2. The quantitative estimate of drug-likeness (QED) is 0.115. The average molecular weight is 1120 g/mol. The second-order valence-corrected chi connectivity index (χ2v) is 20.9. The summed E-state index contributed by atoms with van der Waals surface area (Å²) in [5, 5.41) is 6.25. The van der Waals surface area contributed by atoms with Crippen molar-refractivity contribution in [3.63, 3.8) is 0 Å². The lowest BCUT2D eigenvalue weighted by atomic mass is 10.1. The summed E-state index contributed by atoms with van der Waals surface area (Å²) in [6.07, 6.45) is -1.16. The van der Waals surface area contributed by atoms with E-state index in [0.29, 0.717) is 96.8 Å². The minimum absolute atomic E-state index is 0.0450. The van der Waals surface area contributed by atoms with Gasteiger partial charge in [0.2, 0.25) is 0 Å². The van der Waals surface area contributed by atoms with E-state index in [1.807, 2.05) is 34.6 Å². The Bertz CT molecular complexity index is 3240. The Morgan fingerprint density at radius 2 is 1.26 bits per heavy atom. The standard InChI is InChI=1S/C28H29F3N6O4.C16H15F3N4.C11H16N2O3/c1-16-23-25(35-24(33-16)17-5-4-6-18(9-17)28(29,30)31)37(20-7-8-36(23)13-20)26(38)34-19-10-21(12-32-11-19)39-14-22-15-40-27(2,3)41-22;1-9-13-15(21-12-5-6-23(13)8-12)22-14(20-9)10-3-2-4-11(7-10)16(17,18)19;1-11(2)15-7-10(16-11)6-14-9-3-8(12)4-13-5-9/h4-6,9-12,20,22H,7-8,13-15H2,1-3H3,(H,34,38);2-4,7,12H,5-6,8H2,1H3,(H,20,21,22);3-5,10H,6-7,12H2,1-2H3/t20-,22-;12-;10-/m000/s1. The van der Waals surface area contributed by atoms with Crippen molar-refractivity contribution in [3.8, 4) is 34.3 Å². The fraction of sp³-hybridized carbons (Fsp3) is 0.436. The number of alkyl halides is 6. The van der Waals surface area contributed by atoms with E-state index in [-0.39, 0.29) is 36.2 Å². The molecule has 6 aromatic rings. The number of rotatable bonds is 9. The van der Waals surface area contributed by atoms with Crippen LogP contribution in [0.2, 0.25) is 0 Å². The predicted octanol–water partition coefficient (Wildman–Crippen LogP) is 9.70. The van der Waals surface area contributed by atoms with Gasteiger partial charge in [-0.05, 0) is 78.6 Å². The molecule has 0 radical (unpaired) electrons. The number of hydrogen-bond donors (Lipinski definition) is 3. The molecule has 25 heteroatoms. The van der Waals surface area contributed by atoms with E-state index in [2.05, 4.69) is 50.3 Å². The van der Waals surface area contributed by atoms with Crippen molar-refractivity contribution in [1.29, 1.82) is 0 Å². The number of fused-ring (bicyclic) bond motifs is 8. The van der Waals surface area contributed by atoms with Gasteiger partial charge in [0, 0.05) is 55.5 Å². The number of pyridine rings is 2. The molecule has 4 fully saturated rings. The molecule has 0 aliphatic carbocycles. The number of nitrogens with two attached hydrogens (primary N) is 1. The van der Waals surface area contributed by atoms with E-state index in [0.717, 1.165) is 61.0 Å². The molecule has 4 saturated heterocycles. The fourth-order valence-electron chi connectivity index (χ4n) is 10.3. The van der Waals surface area contributed by atoms with Crippen LogP contribution in [0.3, 0.4) is 0 Å². The average Bonchev–Trinajstić information content (AvgIpc) is 4.36. The third kappa shape index (κ3) is 12.9. The maximum Gasteiger partial charge on any atom is 0.416 e. The van der Waals surface area contributed by atoms with Crippen LogP contribution in [0.1, 0.15) is 63.1 Å². The number of carbonyl (C=O) groups is 1. The van der Waals surface area contributed by atoms with E-state index >= 15 is 0 Å². The first-order valence-electron chi connectivity index (χ1n) is 26.0. The van der Waals surface area contributed by atoms with Crippen LogP contribution in [-0.4, -0.2) is 124 Å². The van der Waals surface area contributed by atoms with Gasteiger partial charge in [0.1, 0.15) is 48.3 Å². The Labute approximate surface area is 457 Å². The molecule has 6 aliphatic rings. The number of nitrogen functional groups attached to an aromatic ring is 1. The minimum atomic E-state index is -4.50. The van der Waals surface area contributed by atoms with E-state index < -0.39 is 41.1 Å². The molecule has 19 nitrogen and oxygen atoms in total. The van der Waals surface area contributed by atoms with Gasteiger partial charge in [-0.1, -0.05) is 24.3 Å². The molecular formula is C55H60F6N12O7. The SMILES string of the molecule is CC1(C)OC[C@H](COc2cncc(N)c2)O1.Cc1nc(-c2cccc(C(F)(F)F)c2)nc2c1N1CC[C@@H](C1)N2.Cc1nc(-c2cccc(C(F)(F)F)c2)nc2c1N1CC[C@@H](C1)N2C(=O)Nc1cncc(OC[C@H]2COC(C)(C)O2)c1. The molecule has 4 N–H and O–H groups in total. The second-order valence-electron chi connectivity index (χ2n) is 20.9. The lowest BCUT2D eigenvalue weighted by Crippen LogP contribution is -2.48. The molecule has 0 spiro atoms. The topological polar surface area (TPSA) is 210 Å². The number of carbonyl (C=O) groups excluding carboxylic acids is 1. The molecule has 4 bridgehead atoms. The summed E-state index contributed by atoms with van der Waals surface area (Å²) < 4.78 is 112. The summed E-state index contributed by atoms with van der Waals surface area (Å²) in [5.41, 5.74) is 8.73. The third-order valence-corrected chi connectivity index (χ3v) is 13.8. The molecule has 4 aromatic heterocycles. The highest BCUT2D eigenvalue weighted by Gasteiger charge is 2.43. The van der Waals surface area contributed by atoms with E-state index in [9.17, 15) is 31.1 Å². The Morgan fingerprint density at radius 3 is 1.84 bits per heavy atom. The van der Waals surface area contributed by atoms with Crippen LogP contribution in [0.5, 0.6) is 11.5 Å². The van der Waals surface area contributed by atoms with Gasteiger partial charge < -0.3 is 54.6 Å². The lowest BCUT2D eigenvalue weighted by Gasteiger charge is -2.36. The van der Waals surface area contributed by atoms with Crippen molar-refractivity contribution in [2.45, 2.75) is 103 Å². The number of nitrogens with zero attached hydrogens (tertiary/aromatic N) is 9. The molecule has 4 atom stereocenters. The van der Waals surface area contributed by atoms with E-state index in [1.54, 1.807) is 48.6 Å². The Kier molecular flexibility index (Phi) is 15.4. The second kappa shape index (κ2) is 22.1. The van der Waals surface area contributed by atoms with Crippen LogP contribution in [0.25, 0.3) is 22.8 Å². The van der Waals surface area contributed by atoms with Gasteiger partial charge in [0.15, 0.2) is 34.9 Å². The summed E-state index contributed by atoms with van der Waals surface area (Å²) in [4.78, 5) is 45.8. The molecular weight excluding hydrogens is 1050 g/mol. The number of nitrogens with one attached hydrogen (secondary N) is 2. The van der Waals surface area contributed by atoms with Gasteiger partial charge in [0.25, 0.3) is 0 Å². The third-order valence-electron chi connectivity index (χ3n) is 13.8. The molecule has 10 heterocycles. The van der Waals surface area contributed by atoms with Gasteiger partial charge in [-0.2, -0.15) is 26.3 Å². The van der Waals surface area contributed by atoms with Crippen molar-refractivity contribution in [3.05, 3.63) is 108 Å². The van der Waals surface area contributed by atoms with Crippen LogP contribution >= 0.6 is 0 Å².